The second-order valence-electron chi connectivity index (χ2n) is 4.96. The number of ether oxygens (including phenoxy) is 2. The smallest absolute Gasteiger partial charge is 0.336 e. The maximum absolute atomic E-state index is 11.9. The highest BCUT2D eigenvalue weighted by Gasteiger charge is 2.18. The number of fused-ring (bicyclic) bond motifs is 1. The van der Waals surface area contributed by atoms with Crippen LogP contribution in [0.15, 0.2) is 51.7 Å². The van der Waals surface area contributed by atoms with E-state index in [1.807, 2.05) is 37.3 Å². The van der Waals surface area contributed by atoms with Gasteiger partial charge in [-0.15, -0.1) is 0 Å². The van der Waals surface area contributed by atoms with E-state index in [0.717, 1.165) is 22.1 Å². The summed E-state index contributed by atoms with van der Waals surface area (Å²) in [6.07, 6.45) is 0. The fourth-order valence-corrected chi connectivity index (χ4v) is 2.69. The SMILES string of the molecule is COc1cc2oc(=O)cc(-c3ccccc3)c2c(OC)c1C. The fourth-order valence-electron chi connectivity index (χ4n) is 2.69. The number of hydrogen-bond donors (Lipinski definition) is 0. The van der Waals surface area contributed by atoms with Crippen LogP contribution in [0.1, 0.15) is 5.56 Å². The Hall–Kier alpha value is -2.75. The molecule has 1 heterocycles. The molecule has 0 aliphatic carbocycles. The second kappa shape index (κ2) is 5.56. The van der Waals surface area contributed by atoms with E-state index in [0.29, 0.717) is 17.1 Å². The quantitative estimate of drug-likeness (QED) is 0.690. The lowest BCUT2D eigenvalue weighted by Crippen LogP contribution is -2.01. The molecule has 0 saturated heterocycles. The zero-order chi connectivity index (χ0) is 15.7. The second-order valence-corrected chi connectivity index (χ2v) is 4.96. The van der Waals surface area contributed by atoms with Crippen LogP contribution in [0.4, 0.5) is 0 Å². The third-order valence-corrected chi connectivity index (χ3v) is 3.70. The summed E-state index contributed by atoms with van der Waals surface area (Å²) >= 11 is 0. The Morgan fingerprint density at radius 2 is 1.73 bits per heavy atom. The summed E-state index contributed by atoms with van der Waals surface area (Å²) in [4.78, 5) is 11.9. The number of rotatable bonds is 3. The van der Waals surface area contributed by atoms with Gasteiger partial charge in [0.05, 0.1) is 19.6 Å². The molecular weight excluding hydrogens is 280 g/mol. The first-order valence-electron chi connectivity index (χ1n) is 6.90. The monoisotopic (exact) mass is 296 g/mol. The molecule has 1 aromatic heterocycles. The van der Waals surface area contributed by atoms with Gasteiger partial charge in [0.1, 0.15) is 17.1 Å². The maximum atomic E-state index is 11.9. The van der Waals surface area contributed by atoms with Crippen molar-refractivity contribution in [3.63, 3.8) is 0 Å². The van der Waals surface area contributed by atoms with Gasteiger partial charge >= 0.3 is 5.63 Å². The summed E-state index contributed by atoms with van der Waals surface area (Å²) in [6, 6.07) is 12.9. The molecular formula is C18H16O4. The van der Waals surface area contributed by atoms with Gasteiger partial charge in [0.2, 0.25) is 0 Å². The van der Waals surface area contributed by atoms with Crippen molar-refractivity contribution in [2.75, 3.05) is 14.2 Å². The number of hydrogen-bond acceptors (Lipinski definition) is 4. The first-order chi connectivity index (χ1) is 10.7. The Labute approximate surface area is 127 Å². The third kappa shape index (κ3) is 2.22. The molecule has 0 radical (unpaired) electrons. The van der Waals surface area contributed by atoms with E-state index >= 15 is 0 Å². The first-order valence-corrected chi connectivity index (χ1v) is 6.90. The standard InChI is InChI=1S/C18H16O4/c1-11-14(20-2)10-15-17(18(11)21-3)13(9-16(19)22-15)12-7-5-4-6-8-12/h4-10H,1-3H3. The highest BCUT2D eigenvalue weighted by atomic mass is 16.5. The maximum Gasteiger partial charge on any atom is 0.336 e. The van der Waals surface area contributed by atoms with Crippen molar-refractivity contribution < 1.29 is 13.9 Å². The molecule has 0 amide bonds. The number of benzene rings is 2. The van der Waals surface area contributed by atoms with Gasteiger partial charge in [0.15, 0.2) is 0 Å². The van der Waals surface area contributed by atoms with Gasteiger partial charge < -0.3 is 13.9 Å². The van der Waals surface area contributed by atoms with Gasteiger partial charge in [-0.05, 0) is 12.5 Å². The summed E-state index contributed by atoms with van der Waals surface area (Å²) in [5.74, 6) is 1.27. The van der Waals surface area contributed by atoms with Crippen molar-refractivity contribution in [3.05, 3.63) is 58.4 Å². The fraction of sp³-hybridized carbons (Fsp3) is 0.167. The van der Waals surface area contributed by atoms with Crippen molar-refractivity contribution in [1.29, 1.82) is 0 Å². The van der Waals surface area contributed by atoms with E-state index in [1.165, 1.54) is 6.07 Å². The molecule has 4 nitrogen and oxygen atoms in total. The van der Waals surface area contributed by atoms with Crippen molar-refractivity contribution >= 4 is 11.0 Å². The van der Waals surface area contributed by atoms with Gasteiger partial charge in [-0.3, -0.25) is 0 Å². The minimum atomic E-state index is -0.403. The van der Waals surface area contributed by atoms with Crippen LogP contribution in [0.3, 0.4) is 0 Å². The molecule has 0 saturated carbocycles. The molecule has 0 aliphatic rings. The van der Waals surface area contributed by atoms with E-state index in [4.69, 9.17) is 13.9 Å². The highest BCUT2D eigenvalue weighted by molar-refractivity contribution is 5.99. The Kier molecular flexibility index (Phi) is 3.59. The lowest BCUT2D eigenvalue weighted by molar-refractivity contribution is 0.390. The van der Waals surface area contributed by atoms with Crippen molar-refractivity contribution in [2.24, 2.45) is 0 Å². The molecule has 3 rings (SSSR count). The van der Waals surface area contributed by atoms with Crippen LogP contribution in [-0.4, -0.2) is 14.2 Å². The van der Waals surface area contributed by atoms with E-state index in [-0.39, 0.29) is 0 Å². The van der Waals surface area contributed by atoms with Crippen LogP contribution in [-0.2, 0) is 0 Å². The van der Waals surface area contributed by atoms with Gasteiger partial charge in [0.25, 0.3) is 0 Å². The Bertz CT molecular complexity index is 879. The predicted octanol–water partition coefficient (Wildman–Crippen LogP) is 3.79. The van der Waals surface area contributed by atoms with Gasteiger partial charge in [-0.1, -0.05) is 30.3 Å². The van der Waals surface area contributed by atoms with Gasteiger partial charge in [0, 0.05) is 23.3 Å². The summed E-state index contributed by atoms with van der Waals surface area (Å²) in [6.45, 7) is 1.91. The molecule has 112 valence electrons. The molecule has 0 atom stereocenters. The average molecular weight is 296 g/mol. The third-order valence-electron chi connectivity index (χ3n) is 3.70. The van der Waals surface area contributed by atoms with Crippen LogP contribution in [0.2, 0.25) is 0 Å². The number of methoxy groups -OCH3 is 2. The topological polar surface area (TPSA) is 48.7 Å². The van der Waals surface area contributed by atoms with Crippen LogP contribution in [0.25, 0.3) is 22.1 Å². The molecule has 4 heteroatoms. The molecule has 0 fully saturated rings. The minimum Gasteiger partial charge on any atom is -0.496 e. The average Bonchev–Trinajstić information content (AvgIpc) is 2.54. The zero-order valence-corrected chi connectivity index (χ0v) is 12.7. The molecule has 0 N–H and O–H groups in total. The molecule has 0 unspecified atom stereocenters. The summed E-state index contributed by atoms with van der Waals surface area (Å²) < 4.78 is 16.2. The van der Waals surface area contributed by atoms with Crippen molar-refractivity contribution in [3.8, 4) is 22.6 Å². The first kappa shape index (κ1) is 14.2. The van der Waals surface area contributed by atoms with E-state index in [1.54, 1.807) is 20.3 Å². The van der Waals surface area contributed by atoms with Crippen LogP contribution in [0.5, 0.6) is 11.5 Å². The van der Waals surface area contributed by atoms with E-state index in [2.05, 4.69) is 0 Å². The molecule has 0 spiro atoms. The lowest BCUT2D eigenvalue weighted by Gasteiger charge is -2.15. The lowest BCUT2D eigenvalue weighted by atomic mass is 9.99. The molecule has 3 aromatic rings. The summed E-state index contributed by atoms with van der Waals surface area (Å²) in [5, 5.41) is 0.770. The molecule has 0 aliphatic heterocycles. The zero-order valence-electron chi connectivity index (χ0n) is 12.7. The largest absolute Gasteiger partial charge is 0.496 e. The molecule has 22 heavy (non-hydrogen) atoms. The predicted molar refractivity (Wildman–Crippen MR) is 85.8 cm³/mol. The minimum absolute atomic E-state index is 0.403. The van der Waals surface area contributed by atoms with Gasteiger partial charge in [-0.25, -0.2) is 4.79 Å². The van der Waals surface area contributed by atoms with Gasteiger partial charge in [-0.2, -0.15) is 0 Å². The van der Waals surface area contributed by atoms with E-state index < -0.39 is 5.63 Å². The van der Waals surface area contributed by atoms with E-state index in [9.17, 15) is 4.79 Å². The Morgan fingerprint density at radius 1 is 1.00 bits per heavy atom. The van der Waals surface area contributed by atoms with Crippen LogP contribution in [0, 0.1) is 6.92 Å². The highest BCUT2D eigenvalue weighted by Crippen LogP contribution is 2.40. The summed E-state index contributed by atoms with van der Waals surface area (Å²) in [5.41, 5.74) is 2.63. The Morgan fingerprint density at radius 3 is 2.36 bits per heavy atom. The Balaban J connectivity index is 2.48. The van der Waals surface area contributed by atoms with Crippen LogP contribution < -0.4 is 15.1 Å². The normalized spacial score (nSPS) is 10.7. The molecule has 2 aromatic carbocycles. The van der Waals surface area contributed by atoms with Crippen molar-refractivity contribution in [2.45, 2.75) is 6.92 Å². The molecule has 0 bridgehead atoms. The van der Waals surface area contributed by atoms with Crippen LogP contribution >= 0.6 is 0 Å². The van der Waals surface area contributed by atoms with Crippen molar-refractivity contribution in [1.82, 2.24) is 0 Å². The summed E-state index contributed by atoms with van der Waals surface area (Å²) in [7, 11) is 3.17.